The van der Waals surface area contributed by atoms with E-state index < -0.39 is 0 Å². The number of rotatable bonds is 7. The first-order valence-electron chi connectivity index (χ1n) is 7.05. The predicted molar refractivity (Wildman–Crippen MR) is 82.5 cm³/mol. The molecule has 1 aliphatic heterocycles. The molecule has 0 radical (unpaired) electrons. The second kappa shape index (κ2) is 7.45. The zero-order valence-corrected chi connectivity index (χ0v) is 12.4. The van der Waals surface area contributed by atoms with Crippen LogP contribution in [0.5, 0.6) is 0 Å². The van der Waals surface area contributed by atoms with Crippen molar-refractivity contribution < 1.29 is 0 Å². The zero-order valence-electron chi connectivity index (χ0n) is 11.6. The fourth-order valence-corrected chi connectivity index (χ4v) is 2.59. The molecule has 1 aromatic rings. The summed E-state index contributed by atoms with van der Waals surface area (Å²) >= 11 is 6.06. The minimum atomic E-state index is -0.281. The quantitative estimate of drug-likeness (QED) is 0.617. The van der Waals surface area contributed by atoms with E-state index in [4.69, 9.17) is 11.6 Å². The Bertz CT molecular complexity index is 508. The highest BCUT2D eigenvalue weighted by Gasteiger charge is 2.11. The smallest absolute Gasteiger partial charge is 0.287 e. The number of halogens is 1. The van der Waals surface area contributed by atoms with E-state index in [-0.39, 0.29) is 10.6 Å². The molecule has 1 aliphatic rings. The van der Waals surface area contributed by atoms with Crippen LogP contribution in [0, 0.1) is 0 Å². The molecule has 1 aromatic heterocycles. The van der Waals surface area contributed by atoms with E-state index in [1.54, 1.807) is 12.3 Å². The summed E-state index contributed by atoms with van der Waals surface area (Å²) in [6, 6.07) is 0. The van der Waals surface area contributed by atoms with E-state index in [0.29, 0.717) is 12.2 Å². The number of allylic oxidation sites excluding steroid dienone is 1. The average molecular weight is 297 g/mol. The molecule has 0 unspecified atom stereocenters. The molecule has 0 aliphatic carbocycles. The SMILES string of the molecule is C=CCn1ncc(NCCCN2CCCC2)c(Cl)c1=O. The lowest BCUT2D eigenvalue weighted by molar-refractivity contribution is 0.337. The molecule has 0 atom stereocenters. The van der Waals surface area contributed by atoms with Crippen LogP contribution in [0.25, 0.3) is 0 Å². The monoisotopic (exact) mass is 296 g/mol. The summed E-state index contributed by atoms with van der Waals surface area (Å²) in [4.78, 5) is 14.4. The summed E-state index contributed by atoms with van der Waals surface area (Å²) in [5.41, 5.74) is 0.328. The molecule has 1 fully saturated rings. The van der Waals surface area contributed by atoms with Crippen molar-refractivity contribution in [3.8, 4) is 0 Å². The van der Waals surface area contributed by atoms with Crippen LogP contribution < -0.4 is 10.9 Å². The Hall–Kier alpha value is -1.33. The highest BCUT2D eigenvalue weighted by atomic mass is 35.5. The van der Waals surface area contributed by atoms with E-state index in [9.17, 15) is 4.79 Å². The third kappa shape index (κ3) is 3.84. The molecule has 6 heteroatoms. The second-order valence-corrected chi connectivity index (χ2v) is 5.36. The summed E-state index contributed by atoms with van der Waals surface area (Å²) in [6.07, 6.45) is 6.87. The summed E-state index contributed by atoms with van der Waals surface area (Å²) in [6.45, 7) is 8.25. The van der Waals surface area contributed by atoms with Gasteiger partial charge in [-0.1, -0.05) is 17.7 Å². The van der Waals surface area contributed by atoms with E-state index in [1.165, 1.54) is 30.6 Å². The molecule has 0 bridgehead atoms. The molecule has 1 N–H and O–H groups in total. The van der Waals surface area contributed by atoms with Crippen LogP contribution in [-0.2, 0) is 6.54 Å². The van der Waals surface area contributed by atoms with Crippen molar-refractivity contribution in [2.75, 3.05) is 31.5 Å². The van der Waals surface area contributed by atoms with Gasteiger partial charge in [-0.3, -0.25) is 4.79 Å². The first-order valence-corrected chi connectivity index (χ1v) is 7.43. The summed E-state index contributed by atoms with van der Waals surface area (Å²) in [5, 5.41) is 7.44. The van der Waals surface area contributed by atoms with Crippen LogP contribution in [0.2, 0.25) is 5.02 Å². The summed E-state index contributed by atoms with van der Waals surface area (Å²) < 4.78 is 1.30. The molecule has 2 rings (SSSR count). The molecule has 0 amide bonds. The van der Waals surface area contributed by atoms with Gasteiger partial charge in [-0.2, -0.15) is 5.10 Å². The number of aromatic nitrogens is 2. The minimum Gasteiger partial charge on any atom is -0.382 e. The lowest BCUT2D eigenvalue weighted by atomic mass is 10.3. The van der Waals surface area contributed by atoms with Crippen molar-refractivity contribution in [2.45, 2.75) is 25.8 Å². The third-order valence-corrected chi connectivity index (χ3v) is 3.82. The first kappa shape index (κ1) is 15.1. The van der Waals surface area contributed by atoms with Crippen molar-refractivity contribution in [3.05, 3.63) is 34.2 Å². The molecule has 0 spiro atoms. The van der Waals surface area contributed by atoms with Crippen molar-refractivity contribution in [3.63, 3.8) is 0 Å². The Morgan fingerprint density at radius 1 is 1.45 bits per heavy atom. The normalized spacial score (nSPS) is 15.4. The van der Waals surface area contributed by atoms with Crippen LogP contribution in [-0.4, -0.2) is 40.9 Å². The number of nitrogens with zero attached hydrogens (tertiary/aromatic N) is 3. The Labute approximate surface area is 124 Å². The maximum Gasteiger partial charge on any atom is 0.287 e. The van der Waals surface area contributed by atoms with Gasteiger partial charge in [0, 0.05) is 6.54 Å². The van der Waals surface area contributed by atoms with E-state index in [2.05, 4.69) is 21.9 Å². The fourth-order valence-electron chi connectivity index (χ4n) is 2.37. The van der Waals surface area contributed by atoms with Gasteiger partial charge in [-0.05, 0) is 38.9 Å². The average Bonchev–Trinajstić information content (AvgIpc) is 2.95. The van der Waals surface area contributed by atoms with Crippen LogP contribution in [0.15, 0.2) is 23.6 Å². The van der Waals surface area contributed by atoms with Gasteiger partial charge >= 0.3 is 0 Å². The highest BCUT2D eigenvalue weighted by Crippen LogP contribution is 2.15. The number of hydrogen-bond acceptors (Lipinski definition) is 4. The minimum absolute atomic E-state index is 0.197. The molecule has 1 saturated heterocycles. The standard InChI is InChI=1S/C14H21ClN4O/c1-2-7-19-14(20)13(15)12(11-17-19)16-6-5-10-18-8-3-4-9-18/h2,11,16H,1,3-10H2. The maximum atomic E-state index is 11.9. The van der Waals surface area contributed by atoms with E-state index in [1.807, 2.05) is 0 Å². The van der Waals surface area contributed by atoms with Gasteiger partial charge in [0.2, 0.25) is 0 Å². The molecule has 0 aromatic carbocycles. The molecular weight excluding hydrogens is 276 g/mol. The van der Waals surface area contributed by atoms with Gasteiger partial charge in [-0.15, -0.1) is 6.58 Å². The number of nitrogens with one attached hydrogen (secondary N) is 1. The molecule has 5 nitrogen and oxygen atoms in total. The van der Waals surface area contributed by atoms with Gasteiger partial charge in [0.25, 0.3) is 5.56 Å². The number of likely N-dealkylation sites (tertiary alicyclic amines) is 1. The summed E-state index contributed by atoms with van der Waals surface area (Å²) in [5.74, 6) is 0. The summed E-state index contributed by atoms with van der Waals surface area (Å²) in [7, 11) is 0. The Balaban J connectivity index is 1.84. The Kier molecular flexibility index (Phi) is 5.61. The van der Waals surface area contributed by atoms with Crippen molar-refractivity contribution in [1.29, 1.82) is 0 Å². The van der Waals surface area contributed by atoms with Gasteiger partial charge in [-0.25, -0.2) is 4.68 Å². The van der Waals surface area contributed by atoms with Crippen LogP contribution >= 0.6 is 11.6 Å². The largest absolute Gasteiger partial charge is 0.382 e. The van der Waals surface area contributed by atoms with Crippen molar-refractivity contribution >= 4 is 17.3 Å². The lowest BCUT2D eigenvalue weighted by Crippen LogP contribution is -2.25. The lowest BCUT2D eigenvalue weighted by Gasteiger charge is -2.15. The molecule has 110 valence electrons. The van der Waals surface area contributed by atoms with Crippen LogP contribution in [0.4, 0.5) is 5.69 Å². The van der Waals surface area contributed by atoms with Gasteiger partial charge < -0.3 is 10.2 Å². The van der Waals surface area contributed by atoms with Crippen molar-refractivity contribution in [1.82, 2.24) is 14.7 Å². The van der Waals surface area contributed by atoms with Gasteiger partial charge in [0.1, 0.15) is 5.02 Å². The number of hydrogen-bond donors (Lipinski definition) is 1. The Morgan fingerprint density at radius 2 is 2.20 bits per heavy atom. The highest BCUT2D eigenvalue weighted by molar-refractivity contribution is 6.32. The van der Waals surface area contributed by atoms with Crippen LogP contribution in [0.1, 0.15) is 19.3 Å². The van der Waals surface area contributed by atoms with E-state index in [0.717, 1.165) is 19.5 Å². The molecule has 0 saturated carbocycles. The van der Waals surface area contributed by atoms with Crippen molar-refractivity contribution in [2.24, 2.45) is 0 Å². The topological polar surface area (TPSA) is 50.2 Å². The molecule has 20 heavy (non-hydrogen) atoms. The fraction of sp³-hybridized carbons (Fsp3) is 0.571. The van der Waals surface area contributed by atoms with Gasteiger partial charge in [0.05, 0.1) is 18.4 Å². The van der Waals surface area contributed by atoms with Crippen LogP contribution in [0.3, 0.4) is 0 Å². The first-order chi connectivity index (χ1) is 9.72. The second-order valence-electron chi connectivity index (χ2n) is 4.98. The molecular formula is C14H21ClN4O. The Morgan fingerprint density at radius 3 is 2.90 bits per heavy atom. The third-order valence-electron chi connectivity index (χ3n) is 3.45. The number of anilines is 1. The van der Waals surface area contributed by atoms with E-state index >= 15 is 0 Å². The zero-order chi connectivity index (χ0) is 14.4. The molecule has 2 heterocycles. The maximum absolute atomic E-state index is 11.9. The predicted octanol–water partition coefficient (Wildman–Crippen LogP) is 1.98. The van der Waals surface area contributed by atoms with Gasteiger partial charge in [0.15, 0.2) is 0 Å².